The highest BCUT2D eigenvalue weighted by molar-refractivity contribution is 5.80. The van der Waals surface area contributed by atoms with Gasteiger partial charge in [0, 0.05) is 19.2 Å². The Bertz CT molecular complexity index is 1370. The number of aromatic nitrogens is 4. The van der Waals surface area contributed by atoms with Gasteiger partial charge in [0.2, 0.25) is 5.91 Å². The molecule has 0 fully saturated rings. The molecule has 0 bridgehead atoms. The monoisotopic (exact) mass is 419 g/mol. The minimum Gasteiger partial charge on any atom is -0.496 e. The summed E-state index contributed by atoms with van der Waals surface area (Å²) in [4.78, 5) is 38.2. The van der Waals surface area contributed by atoms with Crippen LogP contribution in [0.3, 0.4) is 0 Å². The zero-order valence-electron chi connectivity index (χ0n) is 17.1. The van der Waals surface area contributed by atoms with Crippen molar-refractivity contribution in [1.82, 2.24) is 24.2 Å². The van der Waals surface area contributed by atoms with Gasteiger partial charge in [-0.15, -0.1) is 0 Å². The number of nitrogens with one attached hydrogen (secondary N) is 1. The van der Waals surface area contributed by atoms with Gasteiger partial charge in [0.05, 0.1) is 19.0 Å². The van der Waals surface area contributed by atoms with Gasteiger partial charge in [0.1, 0.15) is 17.7 Å². The molecule has 0 aliphatic rings. The number of para-hydroxylation sites is 2. The smallest absolute Gasteiger partial charge is 0.332 e. The lowest BCUT2D eigenvalue weighted by atomic mass is 10.2. The predicted octanol–water partition coefficient (Wildman–Crippen LogP) is 1.21. The molecule has 9 heteroatoms. The van der Waals surface area contributed by atoms with E-state index in [1.54, 1.807) is 25.3 Å². The Morgan fingerprint density at radius 2 is 1.77 bits per heavy atom. The summed E-state index contributed by atoms with van der Waals surface area (Å²) in [5, 5.41) is 7.35. The molecular weight excluding hydrogens is 398 g/mol. The van der Waals surface area contributed by atoms with Gasteiger partial charge >= 0.3 is 5.69 Å². The number of ether oxygens (including phenoxy) is 1. The molecule has 0 aliphatic heterocycles. The Balaban J connectivity index is 1.71. The largest absolute Gasteiger partial charge is 0.496 e. The van der Waals surface area contributed by atoms with Crippen molar-refractivity contribution < 1.29 is 9.53 Å². The van der Waals surface area contributed by atoms with Crippen LogP contribution < -0.4 is 21.3 Å². The Morgan fingerprint density at radius 3 is 2.52 bits per heavy atom. The predicted molar refractivity (Wildman–Crippen MR) is 115 cm³/mol. The van der Waals surface area contributed by atoms with Gasteiger partial charge < -0.3 is 10.1 Å². The van der Waals surface area contributed by atoms with Crippen LogP contribution in [-0.2, 0) is 24.9 Å². The van der Waals surface area contributed by atoms with Gasteiger partial charge in [-0.2, -0.15) is 5.10 Å². The van der Waals surface area contributed by atoms with E-state index in [-0.39, 0.29) is 30.0 Å². The Hall–Kier alpha value is -4.14. The van der Waals surface area contributed by atoms with E-state index in [1.165, 1.54) is 22.5 Å². The lowest BCUT2D eigenvalue weighted by molar-refractivity contribution is -0.121. The molecule has 31 heavy (non-hydrogen) atoms. The molecule has 0 radical (unpaired) electrons. The summed E-state index contributed by atoms with van der Waals surface area (Å²) in [6.45, 7) is -0.0262. The maximum absolute atomic E-state index is 12.9. The van der Waals surface area contributed by atoms with Crippen LogP contribution in [0.5, 0.6) is 5.75 Å². The Labute approximate surface area is 177 Å². The maximum Gasteiger partial charge on any atom is 0.332 e. The molecule has 4 aromatic rings. The van der Waals surface area contributed by atoms with Gasteiger partial charge in [-0.05, 0) is 18.2 Å². The minimum absolute atomic E-state index is 0.241. The van der Waals surface area contributed by atoms with Crippen molar-refractivity contribution in [2.75, 3.05) is 7.11 Å². The summed E-state index contributed by atoms with van der Waals surface area (Å²) in [7, 11) is 2.94. The molecule has 158 valence electrons. The third-order valence-electron chi connectivity index (χ3n) is 5.02. The van der Waals surface area contributed by atoms with Crippen molar-refractivity contribution in [3.63, 3.8) is 0 Å². The number of fused-ring (bicyclic) bond motifs is 1. The van der Waals surface area contributed by atoms with Gasteiger partial charge in [-0.1, -0.05) is 36.4 Å². The second-order valence-electron chi connectivity index (χ2n) is 6.95. The second kappa shape index (κ2) is 8.31. The summed E-state index contributed by atoms with van der Waals surface area (Å²) in [6.07, 6.45) is 1.41. The first-order chi connectivity index (χ1) is 15.0. The molecule has 2 aromatic carbocycles. The fourth-order valence-corrected chi connectivity index (χ4v) is 3.43. The van der Waals surface area contributed by atoms with E-state index in [0.29, 0.717) is 11.4 Å². The van der Waals surface area contributed by atoms with Crippen LogP contribution in [0, 0.1) is 0 Å². The van der Waals surface area contributed by atoms with E-state index >= 15 is 0 Å². The zero-order valence-corrected chi connectivity index (χ0v) is 17.1. The fraction of sp³-hybridized carbons (Fsp3) is 0.182. The third-order valence-corrected chi connectivity index (χ3v) is 5.02. The molecule has 2 aromatic heterocycles. The van der Waals surface area contributed by atoms with E-state index in [4.69, 9.17) is 4.74 Å². The van der Waals surface area contributed by atoms with E-state index in [2.05, 4.69) is 10.4 Å². The van der Waals surface area contributed by atoms with Crippen LogP contribution in [-0.4, -0.2) is 31.9 Å². The van der Waals surface area contributed by atoms with Crippen LogP contribution >= 0.6 is 0 Å². The number of benzene rings is 2. The molecule has 4 rings (SSSR count). The standard InChI is InChI=1S/C22H21N5O4/c1-25-21(29)17-13-24-27(16-9-4-3-5-10-16)20(17)26(22(25)30)14-19(28)23-12-15-8-6-7-11-18(15)31-2/h3-11,13H,12,14H2,1-2H3,(H,23,28). The number of hydrogen-bond acceptors (Lipinski definition) is 5. The van der Waals surface area contributed by atoms with Crippen LogP contribution in [0.15, 0.2) is 70.4 Å². The van der Waals surface area contributed by atoms with Crippen molar-refractivity contribution in [3.8, 4) is 11.4 Å². The quantitative estimate of drug-likeness (QED) is 0.506. The van der Waals surface area contributed by atoms with Crippen molar-refractivity contribution in [3.05, 3.63) is 87.2 Å². The van der Waals surface area contributed by atoms with E-state index in [9.17, 15) is 14.4 Å². The second-order valence-corrected chi connectivity index (χ2v) is 6.95. The van der Waals surface area contributed by atoms with Gasteiger partial charge in [-0.25, -0.2) is 9.48 Å². The van der Waals surface area contributed by atoms with Crippen molar-refractivity contribution in [2.24, 2.45) is 7.05 Å². The summed E-state index contributed by atoms with van der Waals surface area (Å²) in [6, 6.07) is 16.5. The van der Waals surface area contributed by atoms with Gasteiger partial charge in [-0.3, -0.25) is 18.7 Å². The number of rotatable bonds is 6. The summed E-state index contributed by atoms with van der Waals surface area (Å²) < 4.78 is 9.03. The van der Waals surface area contributed by atoms with Crippen molar-refractivity contribution >= 4 is 16.9 Å². The average molecular weight is 419 g/mol. The molecule has 1 N–H and O–H groups in total. The number of hydrogen-bond donors (Lipinski definition) is 1. The molecule has 0 saturated carbocycles. The molecule has 2 heterocycles. The first kappa shape index (κ1) is 20.1. The molecular formula is C22H21N5O4. The summed E-state index contributed by atoms with van der Waals surface area (Å²) >= 11 is 0. The molecule has 1 amide bonds. The minimum atomic E-state index is -0.595. The molecule has 9 nitrogen and oxygen atoms in total. The average Bonchev–Trinajstić information content (AvgIpc) is 3.25. The molecule has 0 atom stereocenters. The van der Waals surface area contributed by atoms with Gasteiger partial charge in [0.15, 0.2) is 5.65 Å². The summed E-state index contributed by atoms with van der Waals surface area (Å²) in [5.74, 6) is 0.278. The SMILES string of the molecule is COc1ccccc1CNC(=O)Cn1c(=O)n(C)c(=O)c2cnn(-c3ccccc3)c21. The number of carbonyl (C=O) groups excluding carboxylic acids is 1. The number of carbonyl (C=O) groups is 1. The number of methoxy groups -OCH3 is 1. The Kier molecular flexibility index (Phi) is 5.40. The number of nitrogens with zero attached hydrogens (tertiary/aromatic N) is 4. The normalized spacial score (nSPS) is 10.9. The number of amides is 1. The lowest BCUT2D eigenvalue weighted by Gasteiger charge is -2.13. The Morgan fingerprint density at radius 1 is 1.06 bits per heavy atom. The van der Waals surface area contributed by atoms with E-state index < -0.39 is 11.2 Å². The highest BCUT2D eigenvalue weighted by Crippen LogP contribution is 2.17. The van der Waals surface area contributed by atoms with Crippen molar-refractivity contribution in [1.29, 1.82) is 0 Å². The molecule has 0 unspecified atom stereocenters. The summed E-state index contributed by atoms with van der Waals surface area (Å²) in [5.41, 5.74) is 0.696. The highest BCUT2D eigenvalue weighted by atomic mass is 16.5. The first-order valence-electron chi connectivity index (χ1n) is 9.63. The first-order valence-corrected chi connectivity index (χ1v) is 9.63. The fourth-order valence-electron chi connectivity index (χ4n) is 3.43. The van der Waals surface area contributed by atoms with Crippen LogP contribution in [0.1, 0.15) is 5.56 Å². The molecule has 0 spiro atoms. The molecule has 0 saturated heterocycles. The molecule has 0 aliphatic carbocycles. The van der Waals surface area contributed by atoms with Crippen LogP contribution in [0.25, 0.3) is 16.7 Å². The third kappa shape index (κ3) is 3.73. The zero-order chi connectivity index (χ0) is 22.0. The maximum atomic E-state index is 12.9. The topological polar surface area (TPSA) is 100 Å². The van der Waals surface area contributed by atoms with Crippen molar-refractivity contribution in [2.45, 2.75) is 13.1 Å². The van der Waals surface area contributed by atoms with Crippen LogP contribution in [0.4, 0.5) is 0 Å². The highest BCUT2D eigenvalue weighted by Gasteiger charge is 2.19. The lowest BCUT2D eigenvalue weighted by Crippen LogP contribution is -2.41. The van der Waals surface area contributed by atoms with E-state index in [1.807, 2.05) is 36.4 Å². The van der Waals surface area contributed by atoms with Gasteiger partial charge in [0.25, 0.3) is 5.56 Å². The van der Waals surface area contributed by atoms with Crippen LogP contribution in [0.2, 0.25) is 0 Å². The van der Waals surface area contributed by atoms with E-state index in [0.717, 1.165) is 10.1 Å².